The first-order valence-corrected chi connectivity index (χ1v) is 7.13. The molecule has 0 radical (unpaired) electrons. The summed E-state index contributed by atoms with van der Waals surface area (Å²) in [5.74, 6) is -0.413. The first-order chi connectivity index (χ1) is 8.35. The molecule has 106 valence electrons. The molecule has 1 N–H and O–H groups in total. The molecule has 0 aromatic rings. The summed E-state index contributed by atoms with van der Waals surface area (Å²) in [4.78, 5) is 17.1. The van der Waals surface area contributed by atoms with E-state index >= 15 is 0 Å². The molecule has 1 heterocycles. The van der Waals surface area contributed by atoms with Crippen molar-refractivity contribution in [3.05, 3.63) is 0 Å². The van der Waals surface area contributed by atoms with Gasteiger partial charge in [0.05, 0.1) is 0 Å². The lowest BCUT2D eigenvalue weighted by Gasteiger charge is -2.27. The Morgan fingerprint density at radius 1 is 1.44 bits per heavy atom. The summed E-state index contributed by atoms with van der Waals surface area (Å²) < 4.78 is 17.7. The zero-order chi connectivity index (χ0) is 13.8. The fourth-order valence-electron chi connectivity index (χ4n) is 1.58. The van der Waals surface area contributed by atoms with E-state index in [1.807, 2.05) is 0 Å². The Kier molecular flexibility index (Phi) is 5.71. The van der Waals surface area contributed by atoms with Gasteiger partial charge in [0, 0.05) is 13.0 Å². The van der Waals surface area contributed by atoms with Crippen LogP contribution in [0.1, 0.15) is 33.1 Å². The van der Waals surface area contributed by atoms with E-state index in [1.54, 1.807) is 27.9 Å². The van der Waals surface area contributed by atoms with Crippen LogP contribution in [0.4, 0.5) is 0 Å². The third-order valence-corrected chi connectivity index (χ3v) is 4.46. The SMILES string of the molecule is CN(C)S(=O)C(C)(C)C(=O)NOC1CCCCO1. The van der Waals surface area contributed by atoms with Gasteiger partial charge < -0.3 is 4.74 Å². The van der Waals surface area contributed by atoms with Gasteiger partial charge in [-0.3, -0.25) is 4.79 Å². The van der Waals surface area contributed by atoms with Gasteiger partial charge in [-0.2, -0.15) is 0 Å². The number of amides is 1. The van der Waals surface area contributed by atoms with Crippen LogP contribution in [-0.4, -0.2) is 46.2 Å². The molecule has 2 atom stereocenters. The van der Waals surface area contributed by atoms with Gasteiger partial charge in [-0.15, -0.1) is 0 Å². The monoisotopic (exact) mass is 278 g/mol. The molecule has 0 aromatic heterocycles. The fourth-order valence-corrected chi connectivity index (χ4v) is 2.70. The predicted molar refractivity (Wildman–Crippen MR) is 68.7 cm³/mol. The highest BCUT2D eigenvalue weighted by atomic mass is 32.2. The second-order valence-corrected chi connectivity index (χ2v) is 7.17. The molecule has 1 fully saturated rings. The maximum Gasteiger partial charge on any atom is 0.263 e. The number of hydroxylamine groups is 1. The summed E-state index contributed by atoms with van der Waals surface area (Å²) in [7, 11) is 1.91. The van der Waals surface area contributed by atoms with E-state index in [4.69, 9.17) is 9.57 Å². The second-order valence-electron chi connectivity index (χ2n) is 4.92. The average molecular weight is 278 g/mol. The Morgan fingerprint density at radius 3 is 2.61 bits per heavy atom. The molecule has 1 saturated heterocycles. The molecule has 2 unspecified atom stereocenters. The number of hydrogen-bond acceptors (Lipinski definition) is 4. The van der Waals surface area contributed by atoms with Crippen LogP contribution in [0.2, 0.25) is 0 Å². The summed E-state index contributed by atoms with van der Waals surface area (Å²) in [6.07, 6.45) is 2.40. The first-order valence-electron chi connectivity index (χ1n) is 6.02. The van der Waals surface area contributed by atoms with Crippen molar-refractivity contribution in [3.63, 3.8) is 0 Å². The van der Waals surface area contributed by atoms with Gasteiger partial charge in [-0.25, -0.2) is 18.8 Å². The normalized spacial score (nSPS) is 22.8. The van der Waals surface area contributed by atoms with E-state index in [9.17, 15) is 9.00 Å². The molecule has 7 heteroatoms. The molecule has 0 aliphatic carbocycles. The maximum absolute atomic E-state index is 11.9. The van der Waals surface area contributed by atoms with Crippen LogP contribution in [-0.2, 0) is 25.4 Å². The Hall–Kier alpha value is -0.500. The van der Waals surface area contributed by atoms with Crippen LogP contribution in [0.25, 0.3) is 0 Å². The Morgan fingerprint density at radius 2 is 2.11 bits per heavy atom. The van der Waals surface area contributed by atoms with Crippen molar-refractivity contribution in [3.8, 4) is 0 Å². The standard InChI is InChI=1S/C11H22N2O4S/c1-11(2,18(15)13(3)4)10(14)12-17-9-7-5-6-8-16-9/h9H,5-8H2,1-4H3,(H,12,14). The number of rotatable bonds is 5. The lowest BCUT2D eigenvalue weighted by Crippen LogP contribution is -2.50. The first kappa shape index (κ1) is 15.6. The minimum atomic E-state index is -1.42. The second kappa shape index (κ2) is 6.60. The van der Waals surface area contributed by atoms with Crippen molar-refractivity contribution in [1.29, 1.82) is 0 Å². The molecule has 6 nitrogen and oxygen atoms in total. The van der Waals surface area contributed by atoms with Gasteiger partial charge in [0.25, 0.3) is 5.91 Å². The van der Waals surface area contributed by atoms with Gasteiger partial charge in [-0.05, 0) is 40.8 Å². The molecule has 0 bridgehead atoms. The van der Waals surface area contributed by atoms with Crippen LogP contribution in [0, 0.1) is 0 Å². The third kappa shape index (κ3) is 4.01. The van der Waals surface area contributed by atoms with Gasteiger partial charge in [0.15, 0.2) is 6.29 Å². The zero-order valence-electron chi connectivity index (χ0n) is 11.4. The van der Waals surface area contributed by atoms with E-state index in [-0.39, 0.29) is 0 Å². The smallest absolute Gasteiger partial charge is 0.263 e. The van der Waals surface area contributed by atoms with E-state index < -0.39 is 27.9 Å². The molecule has 1 amide bonds. The maximum atomic E-state index is 11.9. The Balaban J connectivity index is 2.46. The molecular formula is C11H22N2O4S. The van der Waals surface area contributed by atoms with Crippen molar-refractivity contribution in [2.24, 2.45) is 0 Å². The highest BCUT2D eigenvalue weighted by molar-refractivity contribution is 7.84. The van der Waals surface area contributed by atoms with Crippen molar-refractivity contribution >= 4 is 16.9 Å². The lowest BCUT2D eigenvalue weighted by atomic mass is 10.2. The number of carbonyl (C=O) groups is 1. The van der Waals surface area contributed by atoms with Crippen molar-refractivity contribution in [1.82, 2.24) is 9.79 Å². The van der Waals surface area contributed by atoms with E-state index in [1.165, 1.54) is 4.31 Å². The number of ether oxygens (including phenoxy) is 1. The average Bonchev–Trinajstić information content (AvgIpc) is 2.35. The van der Waals surface area contributed by atoms with Gasteiger partial charge in [0.2, 0.25) is 0 Å². The summed E-state index contributed by atoms with van der Waals surface area (Å²) in [6, 6.07) is 0. The number of nitrogens with zero attached hydrogens (tertiary/aromatic N) is 1. The van der Waals surface area contributed by atoms with Crippen LogP contribution < -0.4 is 5.48 Å². The number of carbonyl (C=O) groups excluding carboxylic acids is 1. The molecule has 1 rings (SSSR count). The van der Waals surface area contributed by atoms with Crippen molar-refractivity contribution in [2.45, 2.75) is 44.1 Å². The Bertz CT molecular complexity index is 314. The van der Waals surface area contributed by atoms with Gasteiger partial charge >= 0.3 is 0 Å². The van der Waals surface area contributed by atoms with Crippen molar-refractivity contribution in [2.75, 3.05) is 20.7 Å². The molecule has 18 heavy (non-hydrogen) atoms. The molecule has 0 aromatic carbocycles. The topological polar surface area (TPSA) is 67.9 Å². The Labute approximate surface area is 111 Å². The number of nitrogens with one attached hydrogen (secondary N) is 1. The fraction of sp³-hybridized carbons (Fsp3) is 0.909. The minimum Gasteiger partial charge on any atom is -0.350 e. The highest BCUT2D eigenvalue weighted by Crippen LogP contribution is 2.16. The molecule has 0 spiro atoms. The minimum absolute atomic E-state index is 0.397. The largest absolute Gasteiger partial charge is 0.350 e. The number of hydrogen-bond donors (Lipinski definition) is 1. The molecular weight excluding hydrogens is 256 g/mol. The zero-order valence-corrected chi connectivity index (χ0v) is 12.2. The summed E-state index contributed by atoms with van der Waals surface area (Å²) in [5, 5.41) is 0. The van der Waals surface area contributed by atoms with Crippen molar-refractivity contribution < 1.29 is 18.6 Å². The summed E-state index contributed by atoms with van der Waals surface area (Å²) in [6.45, 7) is 3.88. The summed E-state index contributed by atoms with van der Waals surface area (Å²) >= 11 is 0. The lowest BCUT2D eigenvalue weighted by molar-refractivity contribution is -0.201. The molecule has 1 aliphatic rings. The van der Waals surface area contributed by atoms with Gasteiger partial charge in [-0.1, -0.05) is 0 Å². The van der Waals surface area contributed by atoms with Crippen LogP contribution in [0.5, 0.6) is 0 Å². The van der Waals surface area contributed by atoms with E-state index in [0.717, 1.165) is 19.3 Å². The molecule has 1 aliphatic heterocycles. The predicted octanol–water partition coefficient (Wildman–Crippen LogP) is 0.565. The quantitative estimate of drug-likeness (QED) is 0.746. The molecule has 0 saturated carbocycles. The van der Waals surface area contributed by atoms with Crippen LogP contribution in [0.3, 0.4) is 0 Å². The van der Waals surface area contributed by atoms with E-state index in [2.05, 4.69) is 5.48 Å². The summed E-state index contributed by atoms with van der Waals surface area (Å²) in [5.41, 5.74) is 2.34. The highest BCUT2D eigenvalue weighted by Gasteiger charge is 2.37. The van der Waals surface area contributed by atoms with Crippen LogP contribution in [0.15, 0.2) is 0 Å². The van der Waals surface area contributed by atoms with E-state index in [0.29, 0.717) is 6.61 Å². The van der Waals surface area contributed by atoms with Gasteiger partial charge in [0.1, 0.15) is 15.7 Å². The third-order valence-electron chi connectivity index (χ3n) is 2.74. The van der Waals surface area contributed by atoms with Crippen LogP contribution >= 0.6 is 0 Å².